The number of hydrogen-bond donors (Lipinski definition) is 5. The van der Waals surface area contributed by atoms with Crippen molar-refractivity contribution in [3.05, 3.63) is 17.5 Å². The summed E-state index contributed by atoms with van der Waals surface area (Å²) in [6.07, 6.45) is 8.60. The summed E-state index contributed by atoms with van der Waals surface area (Å²) in [6, 6.07) is -0.0373. The van der Waals surface area contributed by atoms with Crippen LogP contribution in [-0.2, 0) is 9.59 Å². The zero-order chi connectivity index (χ0) is 22.2. The Morgan fingerprint density at radius 1 is 1.06 bits per heavy atom. The van der Waals surface area contributed by atoms with Gasteiger partial charge in [-0.15, -0.1) is 0 Å². The summed E-state index contributed by atoms with van der Waals surface area (Å²) in [7, 11) is 1.67. The number of nitrogens with one attached hydrogen (secondary N) is 5. The monoisotopic (exact) mass is 439 g/mol. The molecule has 0 radical (unpaired) electrons. The number of rotatable bonds is 6. The molecule has 0 bridgehead atoms. The van der Waals surface area contributed by atoms with E-state index in [-0.39, 0.29) is 23.6 Å². The number of anilines is 2. The van der Waals surface area contributed by atoms with Crippen LogP contribution >= 0.6 is 0 Å². The van der Waals surface area contributed by atoms with Gasteiger partial charge < -0.3 is 21.3 Å². The van der Waals surface area contributed by atoms with Crippen LogP contribution in [0.5, 0.6) is 0 Å². The molecule has 0 unspecified atom stereocenters. The first kappa shape index (κ1) is 20.2. The van der Waals surface area contributed by atoms with Crippen molar-refractivity contribution >= 4 is 41.5 Å². The number of carbonyl (C=O) groups excluding carboxylic acids is 3. The molecule has 1 aliphatic heterocycles. The van der Waals surface area contributed by atoms with Gasteiger partial charge in [0.25, 0.3) is 5.91 Å². The Morgan fingerprint density at radius 3 is 2.44 bits per heavy atom. The van der Waals surface area contributed by atoms with Crippen molar-refractivity contribution < 1.29 is 14.4 Å². The average Bonchev–Trinajstić information content (AvgIpc) is 3.42. The second kappa shape index (κ2) is 8.09. The van der Waals surface area contributed by atoms with E-state index in [0.717, 1.165) is 38.5 Å². The van der Waals surface area contributed by atoms with Gasteiger partial charge in [-0.05, 0) is 44.6 Å². The van der Waals surface area contributed by atoms with Gasteiger partial charge in [-0.1, -0.05) is 0 Å². The van der Waals surface area contributed by atoms with Crippen LogP contribution in [0.3, 0.4) is 0 Å². The highest BCUT2D eigenvalue weighted by Crippen LogP contribution is 2.28. The topological polar surface area (TPSA) is 154 Å². The van der Waals surface area contributed by atoms with E-state index in [1.807, 2.05) is 0 Å². The number of hydrogen-bond acceptors (Lipinski definition) is 8. The molecule has 32 heavy (non-hydrogen) atoms. The lowest BCUT2D eigenvalue weighted by molar-refractivity contribution is -0.125. The van der Waals surface area contributed by atoms with Gasteiger partial charge in [0.05, 0.1) is 6.20 Å². The summed E-state index contributed by atoms with van der Waals surface area (Å²) in [4.78, 5) is 44.5. The lowest BCUT2D eigenvalue weighted by atomic mass is 9.85. The number of fused-ring (bicyclic) bond motifs is 1. The minimum atomic E-state index is -0.557. The fourth-order valence-electron chi connectivity index (χ4n) is 4.09. The van der Waals surface area contributed by atoms with Crippen molar-refractivity contribution in [2.24, 2.45) is 5.92 Å². The van der Waals surface area contributed by atoms with Gasteiger partial charge in [0.15, 0.2) is 5.65 Å². The number of carbonyl (C=O) groups is 3. The van der Waals surface area contributed by atoms with E-state index in [1.165, 1.54) is 0 Å². The molecule has 3 heterocycles. The van der Waals surface area contributed by atoms with Crippen molar-refractivity contribution in [2.45, 2.75) is 50.6 Å². The maximum Gasteiger partial charge on any atom is 0.326 e. The molecule has 12 nitrogen and oxygen atoms in total. The first-order chi connectivity index (χ1) is 15.5. The second-order valence-corrected chi connectivity index (χ2v) is 8.40. The van der Waals surface area contributed by atoms with Crippen LogP contribution in [0.15, 0.2) is 11.9 Å². The molecule has 2 aromatic rings. The summed E-state index contributed by atoms with van der Waals surface area (Å²) in [5.74, 6) is 0.685. The predicted octanol–water partition coefficient (Wildman–Crippen LogP) is 0.596. The number of aromatic nitrogens is 4. The molecule has 5 rings (SSSR count). The molecule has 2 aliphatic carbocycles. The number of imide groups is 1. The fourth-order valence-corrected chi connectivity index (χ4v) is 4.09. The molecule has 0 aromatic carbocycles. The van der Waals surface area contributed by atoms with Crippen LogP contribution in [0.2, 0.25) is 0 Å². The smallest absolute Gasteiger partial charge is 0.326 e. The van der Waals surface area contributed by atoms with Crippen LogP contribution < -0.4 is 26.6 Å². The van der Waals surface area contributed by atoms with Crippen LogP contribution in [0.4, 0.5) is 16.7 Å². The highest BCUT2D eigenvalue weighted by atomic mass is 16.2. The SMILES string of the molecule is CNC(=O)C1CCC(Nc2nc(NC3CC3)n3ncc(/C=C4\NC(=O)NC4=O)c3n2)CC1. The standard InChI is InChI=1S/C20H25N9O3/c1-21-16(30)10-2-4-12(5-3-10)23-18-26-15-11(8-14-17(31)27-20(32)25-14)9-22-29(15)19(28-18)24-13-6-7-13/h8-10,12-13H,2-7H2,1H3,(H,21,30)(H2,23,24,26,28)(H2,25,27,31,32)/b14-8-. The Kier molecular flexibility index (Phi) is 5.11. The van der Waals surface area contributed by atoms with Gasteiger partial charge >= 0.3 is 6.03 Å². The fraction of sp³-hybridized carbons (Fsp3) is 0.500. The van der Waals surface area contributed by atoms with Gasteiger partial charge in [0.2, 0.25) is 17.8 Å². The number of urea groups is 1. The van der Waals surface area contributed by atoms with Crippen molar-refractivity contribution in [3.8, 4) is 0 Å². The van der Waals surface area contributed by atoms with Gasteiger partial charge in [0, 0.05) is 30.6 Å². The summed E-state index contributed by atoms with van der Waals surface area (Å²) in [6.45, 7) is 0. The van der Waals surface area contributed by atoms with Crippen LogP contribution in [-0.4, -0.2) is 56.6 Å². The zero-order valence-electron chi connectivity index (χ0n) is 17.6. The normalized spacial score (nSPS) is 24.3. The molecule has 0 atom stereocenters. The van der Waals surface area contributed by atoms with E-state index in [1.54, 1.807) is 23.8 Å². The minimum absolute atomic E-state index is 0.0503. The zero-order valence-corrected chi connectivity index (χ0v) is 17.6. The molecule has 168 valence electrons. The second-order valence-electron chi connectivity index (χ2n) is 8.40. The lowest BCUT2D eigenvalue weighted by Crippen LogP contribution is -2.34. The molecular formula is C20H25N9O3. The quantitative estimate of drug-likeness (QED) is 0.324. The van der Waals surface area contributed by atoms with Crippen molar-refractivity contribution in [1.29, 1.82) is 0 Å². The molecule has 2 aromatic heterocycles. The number of amides is 4. The largest absolute Gasteiger partial charge is 0.359 e. The van der Waals surface area contributed by atoms with Gasteiger partial charge in [-0.2, -0.15) is 19.6 Å². The van der Waals surface area contributed by atoms with Crippen molar-refractivity contribution in [3.63, 3.8) is 0 Å². The van der Waals surface area contributed by atoms with E-state index in [2.05, 4.69) is 41.7 Å². The first-order valence-corrected chi connectivity index (χ1v) is 10.8. The van der Waals surface area contributed by atoms with E-state index in [4.69, 9.17) is 0 Å². The molecular weight excluding hydrogens is 414 g/mol. The third-order valence-electron chi connectivity index (χ3n) is 6.00. The summed E-state index contributed by atoms with van der Waals surface area (Å²) in [5, 5.41) is 18.6. The molecule has 4 amide bonds. The summed E-state index contributed by atoms with van der Waals surface area (Å²) >= 11 is 0. The third kappa shape index (κ3) is 4.07. The number of nitrogens with zero attached hydrogens (tertiary/aromatic N) is 4. The predicted molar refractivity (Wildman–Crippen MR) is 116 cm³/mol. The van der Waals surface area contributed by atoms with E-state index in [0.29, 0.717) is 29.1 Å². The Labute approximate surface area is 183 Å². The van der Waals surface area contributed by atoms with Crippen LogP contribution in [0.25, 0.3) is 11.7 Å². The van der Waals surface area contributed by atoms with Crippen molar-refractivity contribution in [1.82, 2.24) is 35.5 Å². The van der Waals surface area contributed by atoms with E-state index < -0.39 is 11.9 Å². The third-order valence-corrected chi connectivity index (χ3v) is 6.00. The van der Waals surface area contributed by atoms with Gasteiger partial charge in [0.1, 0.15) is 5.70 Å². The average molecular weight is 439 g/mol. The molecule has 0 spiro atoms. The van der Waals surface area contributed by atoms with E-state index in [9.17, 15) is 14.4 Å². The summed E-state index contributed by atoms with van der Waals surface area (Å²) in [5.41, 5.74) is 1.25. The Balaban J connectivity index is 1.41. The molecule has 5 N–H and O–H groups in total. The summed E-state index contributed by atoms with van der Waals surface area (Å²) < 4.78 is 1.60. The highest BCUT2D eigenvalue weighted by Gasteiger charge is 2.28. The molecule has 1 saturated heterocycles. The molecule has 3 aliphatic rings. The Morgan fingerprint density at radius 2 is 1.78 bits per heavy atom. The maximum absolute atomic E-state index is 11.9. The highest BCUT2D eigenvalue weighted by molar-refractivity contribution is 6.14. The molecule has 12 heteroatoms. The molecule has 2 saturated carbocycles. The molecule has 3 fully saturated rings. The Bertz CT molecular complexity index is 1110. The Hall–Kier alpha value is -3.70. The van der Waals surface area contributed by atoms with Crippen LogP contribution in [0.1, 0.15) is 44.1 Å². The minimum Gasteiger partial charge on any atom is -0.359 e. The lowest BCUT2D eigenvalue weighted by Gasteiger charge is -2.28. The van der Waals surface area contributed by atoms with Crippen LogP contribution in [0, 0.1) is 5.92 Å². The van der Waals surface area contributed by atoms with Crippen molar-refractivity contribution in [2.75, 3.05) is 17.7 Å². The van der Waals surface area contributed by atoms with E-state index >= 15 is 0 Å². The maximum atomic E-state index is 11.9. The van der Waals surface area contributed by atoms with Gasteiger partial charge in [-0.3, -0.25) is 14.9 Å². The van der Waals surface area contributed by atoms with Gasteiger partial charge in [-0.25, -0.2) is 4.79 Å². The first-order valence-electron chi connectivity index (χ1n) is 10.8.